The number of hydrogen-bond donors (Lipinski definition) is 2. The van der Waals surface area contributed by atoms with Gasteiger partial charge in [-0.1, -0.05) is 54.1 Å². The number of amides is 2. The van der Waals surface area contributed by atoms with Gasteiger partial charge in [0.05, 0.1) is 22.5 Å². The molecule has 1 aliphatic carbocycles. The Balaban J connectivity index is 1.38. The van der Waals surface area contributed by atoms with Crippen LogP contribution >= 0.6 is 11.6 Å². The summed E-state index contributed by atoms with van der Waals surface area (Å²) in [6.07, 6.45) is 2.42. The second kappa shape index (κ2) is 8.17. The van der Waals surface area contributed by atoms with Crippen molar-refractivity contribution in [2.24, 2.45) is 11.8 Å². The van der Waals surface area contributed by atoms with Gasteiger partial charge in [0, 0.05) is 6.54 Å². The Hall–Kier alpha value is -2.33. The molecule has 2 N–H and O–H groups in total. The van der Waals surface area contributed by atoms with Crippen molar-refractivity contribution in [3.63, 3.8) is 0 Å². The molecule has 5 heteroatoms. The number of hydrogen-bond acceptors (Lipinski definition) is 2. The quantitative estimate of drug-likeness (QED) is 0.744. The zero-order valence-corrected chi connectivity index (χ0v) is 14.6. The molecule has 0 aromatic heterocycles. The standard InChI is InChI=1S/C20H21ClN2O2/c21-17-10-4-5-11-18(17)23-20(25)16-13-15(16)19(24)22-12-6-9-14-7-2-1-3-8-14/h1-5,7-8,10-11,15-16H,6,9,12-13H2,(H,22,24)(H,23,25). The zero-order valence-electron chi connectivity index (χ0n) is 13.9. The molecule has 0 spiro atoms. The molecule has 0 aliphatic heterocycles. The lowest BCUT2D eigenvalue weighted by atomic mass is 10.1. The molecule has 2 amide bonds. The molecule has 0 heterocycles. The number of rotatable bonds is 7. The summed E-state index contributed by atoms with van der Waals surface area (Å²) < 4.78 is 0. The maximum Gasteiger partial charge on any atom is 0.228 e. The van der Waals surface area contributed by atoms with Crippen molar-refractivity contribution in [3.8, 4) is 0 Å². The van der Waals surface area contributed by atoms with E-state index >= 15 is 0 Å². The Morgan fingerprint density at radius 1 is 0.960 bits per heavy atom. The first-order valence-corrected chi connectivity index (χ1v) is 8.90. The number of para-hydroxylation sites is 1. The third kappa shape index (κ3) is 4.83. The third-order valence-corrected chi connectivity index (χ3v) is 4.71. The van der Waals surface area contributed by atoms with Crippen LogP contribution in [0, 0.1) is 11.8 Å². The maximum atomic E-state index is 12.2. The molecule has 1 saturated carbocycles. The molecular formula is C20H21ClN2O2. The van der Waals surface area contributed by atoms with Crippen molar-refractivity contribution in [2.75, 3.05) is 11.9 Å². The van der Waals surface area contributed by atoms with Crippen molar-refractivity contribution < 1.29 is 9.59 Å². The molecular weight excluding hydrogens is 336 g/mol. The normalized spacial score (nSPS) is 18.4. The van der Waals surface area contributed by atoms with Crippen molar-refractivity contribution in [3.05, 3.63) is 65.2 Å². The van der Waals surface area contributed by atoms with E-state index in [4.69, 9.17) is 11.6 Å². The Morgan fingerprint density at radius 2 is 1.64 bits per heavy atom. The van der Waals surface area contributed by atoms with Gasteiger partial charge in [-0.2, -0.15) is 0 Å². The largest absolute Gasteiger partial charge is 0.356 e. The summed E-state index contributed by atoms with van der Waals surface area (Å²) in [4.78, 5) is 24.3. The topological polar surface area (TPSA) is 58.2 Å². The minimum atomic E-state index is -0.259. The number of nitrogens with one attached hydrogen (secondary N) is 2. The van der Waals surface area contributed by atoms with Gasteiger partial charge in [0.15, 0.2) is 0 Å². The molecule has 1 fully saturated rings. The van der Waals surface area contributed by atoms with E-state index in [1.807, 2.05) is 24.3 Å². The van der Waals surface area contributed by atoms with Gasteiger partial charge in [0.1, 0.15) is 0 Å². The van der Waals surface area contributed by atoms with Gasteiger partial charge in [-0.3, -0.25) is 9.59 Å². The van der Waals surface area contributed by atoms with E-state index in [0.29, 0.717) is 23.7 Å². The second-order valence-corrected chi connectivity index (χ2v) is 6.71. The van der Waals surface area contributed by atoms with Gasteiger partial charge in [-0.05, 0) is 37.0 Å². The van der Waals surface area contributed by atoms with Crippen molar-refractivity contribution in [1.82, 2.24) is 5.32 Å². The van der Waals surface area contributed by atoms with E-state index < -0.39 is 0 Å². The first-order valence-electron chi connectivity index (χ1n) is 8.52. The Labute approximate surface area is 152 Å². The van der Waals surface area contributed by atoms with E-state index in [1.165, 1.54) is 5.56 Å². The van der Waals surface area contributed by atoms with Crippen LogP contribution < -0.4 is 10.6 Å². The smallest absolute Gasteiger partial charge is 0.228 e. The second-order valence-electron chi connectivity index (χ2n) is 6.30. The highest BCUT2D eigenvalue weighted by Crippen LogP contribution is 2.39. The van der Waals surface area contributed by atoms with Crippen LogP contribution in [0.2, 0.25) is 5.02 Å². The number of halogens is 1. The summed E-state index contributed by atoms with van der Waals surface area (Å²) >= 11 is 6.03. The molecule has 25 heavy (non-hydrogen) atoms. The van der Waals surface area contributed by atoms with Crippen LogP contribution in [0.25, 0.3) is 0 Å². The van der Waals surface area contributed by atoms with Crippen LogP contribution in [0.4, 0.5) is 5.69 Å². The summed E-state index contributed by atoms with van der Waals surface area (Å²) in [5, 5.41) is 6.22. The fraction of sp³-hybridized carbons (Fsp3) is 0.300. The molecule has 1 aliphatic rings. The minimum Gasteiger partial charge on any atom is -0.356 e. The fourth-order valence-electron chi connectivity index (χ4n) is 2.84. The molecule has 3 rings (SSSR count). The van der Waals surface area contributed by atoms with Crippen LogP contribution in [0.1, 0.15) is 18.4 Å². The maximum absolute atomic E-state index is 12.2. The molecule has 0 radical (unpaired) electrons. The molecule has 0 saturated heterocycles. The van der Waals surface area contributed by atoms with Gasteiger partial charge >= 0.3 is 0 Å². The molecule has 2 aromatic rings. The lowest BCUT2D eigenvalue weighted by Gasteiger charge is -2.07. The Morgan fingerprint density at radius 3 is 2.40 bits per heavy atom. The summed E-state index contributed by atoms with van der Waals surface area (Å²) in [5.41, 5.74) is 1.85. The summed E-state index contributed by atoms with van der Waals surface area (Å²) in [5.74, 6) is -0.658. The lowest BCUT2D eigenvalue weighted by Crippen LogP contribution is -2.28. The predicted octanol–water partition coefficient (Wildman–Crippen LogP) is 3.66. The predicted molar refractivity (Wildman–Crippen MR) is 99.5 cm³/mol. The monoisotopic (exact) mass is 356 g/mol. The van der Waals surface area contributed by atoms with Gasteiger partial charge in [-0.25, -0.2) is 0 Å². The van der Waals surface area contributed by atoms with Crippen LogP contribution in [-0.4, -0.2) is 18.4 Å². The van der Waals surface area contributed by atoms with Crippen LogP contribution in [0.15, 0.2) is 54.6 Å². The molecule has 130 valence electrons. The van der Waals surface area contributed by atoms with Crippen molar-refractivity contribution >= 4 is 29.1 Å². The number of aryl methyl sites for hydroxylation is 1. The molecule has 2 atom stereocenters. The van der Waals surface area contributed by atoms with Gasteiger partial charge < -0.3 is 10.6 Å². The first-order chi connectivity index (χ1) is 12.1. The Bertz CT molecular complexity index is 748. The third-order valence-electron chi connectivity index (χ3n) is 4.38. The highest BCUT2D eigenvalue weighted by atomic mass is 35.5. The van der Waals surface area contributed by atoms with Crippen LogP contribution in [-0.2, 0) is 16.0 Å². The van der Waals surface area contributed by atoms with Gasteiger partial charge in [0.25, 0.3) is 0 Å². The molecule has 0 bridgehead atoms. The van der Waals surface area contributed by atoms with Crippen molar-refractivity contribution in [2.45, 2.75) is 19.3 Å². The van der Waals surface area contributed by atoms with E-state index in [9.17, 15) is 9.59 Å². The average molecular weight is 357 g/mol. The highest BCUT2D eigenvalue weighted by Gasteiger charge is 2.47. The van der Waals surface area contributed by atoms with Crippen molar-refractivity contribution in [1.29, 1.82) is 0 Å². The number of carbonyl (C=O) groups excluding carboxylic acids is 2. The van der Waals surface area contributed by atoms with E-state index in [1.54, 1.807) is 18.2 Å². The highest BCUT2D eigenvalue weighted by molar-refractivity contribution is 6.33. The average Bonchev–Trinajstić information content (AvgIpc) is 3.42. The number of benzene rings is 2. The van der Waals surface area contributed by atoms with E-state index in [2.05, 4.69) is 22.8 Å². The summed E-state index contributed by atoms with van der Waals surface area (Å²) in [6, 6.07) is 17.3. The van der Waals surface area contributed by atoms with E-state index in [0.717, 1.165) is 12.8 Å². The van der Waals surface area contributed by atoms with Gasteiger partial charge in [-0.15, -0.1) is 0 Å². The first kappa shape index (κ1) is 17.5. The molecule has 2 aromatic carbocycles. The summed E-state index contributed by atoms with van der Waals surface area (Å²) in [7, 11) is 0. The van der Waals surface area contributed by atoms with Gasteiger partial charge in [0.2, 0.25) is 11.8 Å². The molecule has 4 nitrogen and oxygen atoms in total. The Kier molecular flexibility index (Phi) is 5.71. The fourth-order valence-corrected chi connectivity index (χ4v) is 3.03. The SMILES string of the molecule is O=C(NCCCc1ccccc1)C1CC1C(=O)Nc1ccccc1Cl. The van der Waals surface area contributed by atoms with E-state index in [-0.39, 0.29) is 23.7 Å². The van der Waals surface area contributed by atoms with Crippen LogP contribution in [0.5, 0.6) is 0 Å². The number of carbonyl (C=O) groups is 2. The summed E-state index contributed by atoms with van der Waals surface area (Å²) in [6.45, 7) is 0.628. The lowest BCUT2D eigenvalue weighted by molar-refractivity contribution is -0.125. The zero-order chi connectivity index (χ0) is 17.6. The number of anilines is 1. The van der Waals surface area contributed by atoms with Crippen LogP contribution in [0.3, 0.4) is 0 Å². The minimum absolute atomic E-state index is 0.0348. The molecule has 2 unspecified atom stereocenters.